The van der Waals surface area contributed by atoms with E-state index in [2.05, 4.69) is 21.4 Å². The first-order valence-corrected chi connectivity index (χ1v) is 9.72. The maximum atomic E-state index is 11.5. The zero-order valence-electron chi connectivity index (χ0n) is 17.5. The predicted octanol–water partition coefficient (Wildman–Crippen LogP) is 5.08. The number of benzene rings is 2. The number of rotatable bonds is 7. The number of esters is 1. The van der Waals surface area contributed by atoms with E-state index in [0.29, 0.717) is 29.7 Å². The van der Waals surface area contributed by atoms with Crippen LogP contribution in [0.1, 0.15) is 29.2 Å². The van der Waals surface area contributed by atoms with E-state index in [-0.39, 0.29) is 5.97 Å². The van der Waals surface area contributed by atoms with Crippen molar-refractivity contribution in [3.63, 3.8) is 0 Å². The summed E-state index contributed by atoms with van der Waals surface area (Å²) in [5.74, 6) is 1.09. The zero-order chi connectivity index (χ0) is 22.2. The van der Waals surface area contributed by atoms with Crippen LogP contribution in [0.4, 0.5) is 11.6 Å². The van der Waals surface area contributed by atoms with Crippen LogP contribution in [0.25, 0.3) is 6.08 Å². The molecule has 3 rings (SSSR count). The molecule has 1 aromatic heterocycles. The molecule has 0 amide bonds. The van der Waals surface area contributed by atoms with Gasteiger partial charge in [0.05, 0.1) is 18.2 Å². The number of aryl methyl sites for hydroxylation is 2. The van der Waals surface area contributed by atoms with Crippen molar-refractivity contribution in [3.05, 3.63) is 77.0 Å². The quantitative estimate of drug-likeness (QED) is 0.425. The van der Waals surface area contributed by atoms with Gasteiger partial charge in [0.1, 0.15) is 5.75 Å². The molecule has 0 atom stereocenters. The molecule has 156 valence electrons. The third-order valence-corrected chi connectivity index (χ3v) is 4.29. The molecule has 0 aliphatic rings. The molecule has 1 N–H and O–H groups in total. The third kappa shape index (κ3) is 5.90. The van der Waals surface area contributed by atoms with Gasteiger partial charge in [0.2, 0.25) is 11.8 Å². The fourth-order valence-corrected chi connectivity index (χ4v) is 2.92. The van der Waals surface area contributed by atoms with Crippen molar-refractivity contribution in [2.75, 3.05) is 11.9 Å². The number of carbonyl (C=O) groups excluding carboxylic acids is 1. The highest BCUT2D eigenvalue weighted by Gasteiger charge is 2.09. The van der Waals surface area contributed by atoms with E-state index in [1.807, 2.05) is 26.0 Å². The number of nitrogens with one attached hydrogen (secondary N) is 1. The number of nitriles is 1. The highest BCUT2D eigenvalue weighted by Crippen LogP contribution is 2.30. The van der Waals surface area contributed by atoms with Crippen LogP contribution in [-0.4, -0.2) is 22.5 Å². The Bertz CT molecular complexity index is 1130. The molecule has 0 fully saturated rings. The van der Waals surface area contributed by atoms with Crippen LogP contribution < -0.4 is 10.1 Å². The van der Waals surface area contributed by atoms with Crippen LogP contribution in [0.15, 0.2) is 54.7 Å². The average molecular weight is 414 g/mol. The van der Waals surface area contributed by atoms with Gasteiger partial charge in [0, 0.05) is 24.0 Å². The molecular weight excluding hydrogens is 392 g/mol. The third-order valence-electron chi connectivity index (χ3n) is 4.29. The van der Waals surface area contributed by atoms with Gasteiger partial charge in [0.15, 0.2) is 0 Å². The summed E-state index contributed by atoms with van der Waals surface area (Å²) in [5, 5.41) is 12.0. The summed E-state index contributed by atoms with van der Waals surface area (Å²) in [5.41, 5.74) is 4.03. The molecule has 0 saturated carbocycles. The Labute approximate surface area is 181 Å². The van der Waals surface area contributed by atoms with Crippen LogP contribution in [0.3, 0.4) is 0 Å². The second-order valence-corrected chi connectivity index (χ2v) is 6.70. The summed E-state index contributed by atoms with van der Waals surface area (Å²) in [7, 11) is 0. The minimum Gasteiger partial charge on any atom is -0.463 e. The Morgan fingerprint density at radius 2 is 1.87 bits per heavy atom. The second-order valence-electron chi connectivity index (χ2n) is 6.70. The normalized spacial score (nSPS) is 10.5. The van der Waals surface area contributed by atoms with Crippen LogP contribution in [0.2, 0.25) is 0 Å². The molecule has 0 aliphatic carbocycles. The zero-order valence-corrected chi connectivity index (χ0v) is 17.5. The van der Waals surface area contributed by atoms with E-state index in [1.54, 1.807) is 49.5 Å². The Kier molecular flexibility index (Phi) is 6.97. The Morgan fingerprint density at radius 3 is 2.52 bits per heavy atom. The van der Waals surface area contributed by atoms with Gasteiger partial charge in [-0.25, -0.2) is 9.78 Å². The minimum absolute atomic E-state index is 0.342. The fraction of sp³-hybridized carbons (Fsp3) is 0.167. The van der Waals surface area contributed by atoms with Gasteiger partial charge in [-0.15, -0.1) is 0 Å². The van der Waals surface area contributed by atoms with Crippen molar-refractivity contribution in [3.8, 4) is 17.7 Å². The van der Waals surface area contributed by atoms with Gasteiger partial charge >= 0.3 is 5.97 Å². The molecule has 0 bridgehead atoms. The minimum atomic E-state index is -0.374. The number of anilines is 2. The highest BCUT2D eigenvalue weighted by atomic mass is 16.5. The molecular formula is C24H22N4O3. The predicted molar refractivity (Wildman–Crippen MR) is 118 cm³/mol. The summed E-state index contributed by atoms with van der Waals surface area (Å²) >= 11 is 0. The number of aromatic nitrogens is 2. The van der Waals surface area contributed by atoms with E-state index >= 15 is 0 Å². The first-order valence-electron chi connectivity index (χ1n) is 9.72. The monoisotopic (exact) mass is 414 g/mol. The largest absolute Gasteiger partial charge is 0.463 e. The van der Waals surface area contributed by atoms with Gasteiger partial charge in [-0.05, 0) is 79.9 Å². The second kappa shape index (κ2) is 10.0. The van der Waals surface area contributed by atoms with Crippen molar-refractivity contribution in [1.82, 2.24) is 9.97 Å². The molecule has 0 radical (unpaired) electrons. The molecule has 7 nitrogen and oxygen atoms in total. The summed E-state index contributed by atoms with van der Waals surface area (Å²) in [6.45, 7) is 5.97. The van der Waals surface area contributed by atoms with Crippen molar-refractivity contribution < 1.29 is 14.3 Å². The Hall–Kier alpha value is -4.18. The van der Waals surface area contributed by atoms with E-state index < -0.39 is 0 Å². The lowest BCUT2D eigenvalue weighted by molar-refractivity contribution is -0.137. The molecule has 0 aliphatic heterocycles. The number of ether oxygens (including phenoxy) is 2. The topological polar surface area (TPSA) is 97.1 Å². The fourth-order valence-electron chi connectivity index (χ4n) is 2.92. The van der Waals surface area contributed by atoms with Gasteiger partial charge in [0.25, 0.3) is 0 Å². The van der Waals surface area contributed by atoms with E-state index in [0.717, 1.165) is 22.4 Å². The molecule has 7 heteroatoms. The molecule has 2 aromatic carbocycles. The van der Waals surface area contributed by atoms with Gasteiger partial charge in [-0.3, -0.25) is 0 Å². The van der Waals surface area contributed by atoms with Crippen molar-refractivity contribution in [1.29, 1.82) is 5.26 Å². The van der Waals surface area contributed by atoms with Crippen LogP contribution in [0.5, 0.6) is 11.6 Å². The number of nitrogens with zero attached hydrogens (tertiary/aromatic N) is 3. The van der Waals surface area contributed by atoms with Crippen molar-refractivity contribution in [2.24, 2.45) is 0 Å². The van der Waals surface area contributed by atoms with E-state index in [4.69, 9.17) is 14.7 Å². The molecule has 1 heterocycles. The van der Waals surface area contributed by atoms with Crippen molar-refractivity contribution >= 4 is 23.7 Å². The molecule has 0 saturated heterocycles. The lowest BCUT2D eigenvalue weighted by Crippen LogP contribution is -2.00. The Balaban J connectivity index is 1.75. The number of carbonyl (C=O) groups is 1. The number of hydrogen-bond donors (Lipinski definition) is 1. The first-order chi connectivity index (χ1) is 15.0. The van der Waals surface area contributed by atoms with Crippen LogP contribution in [0, 0.1) is 25.2 Å². The van der Waals surface area contributed by atoms with E-state index in [1.165, 1.54) is 6.08 Å². The average Bonchev–Trinajstić information content (AvgIpc) is 2.76. The smallest absolute Gasteiger partial charge is 0.330 e. The lowest BCUT2D eigenvalue weighted by atomic mass is 10.1. The molecule has 0 unspecified atom stereocenters. The van der Waals surface area contributed by atoms with Gasteiger partial charge in [-0.2, -0.15) is 10.2 Å². The van der Waals surface area contributed by atoms with Gasteiger partial charge in [-0.1, -0.05) is 0 Å². The summed E-state index contributed by atoms with van der Waals surface area (Å²) < 4.78 is 10.9. The summed E-state index contributed by atoms with van der Waals surface area (Å²) in [6.07, 6.45) is 4.73. The number of hydrogen-bond acceptors (Lipinski definition) is 7. The highest BCUT2D eigenvalue weighted by molar-refractivity contribution is 5.87. The van der Waals surface area contributed by atoms with E-state index in [9.17, 15) is 4.79 Å². The van der Waals surface area contributed by atoms with Crippen LogP contribution in [-0.2, 0) is 9.53 Å². The molecule has 31 heavy (non-hydrogen) atoms. The summed E-state index contributed by atoms with van der Waals surface area (Å²) in [4.78, 5) is 20.1. The van der Waals surface area contributed by atoms with Crippen molar-refractivity contribution in [2.45, 2.75) is 20.8 Å². The SMILES string of the molecule is CCOC(=O)C=Cc1cc(C)c(Oc2ccnc(Nc3ccc(C#N)cc3)n2)c(C)c1. The Morgan fingerprint density at radius 1 is 1.16 bits per heavy atom. The molecule has 0 spiro atoms. The molecule has 3 aromatic rings. The van der Waals surface area contributed by atoms with Crippen LogP contribution >= 0.6 is 0 Å². The first kappa shape index (κ1) is 21.5. The maximum absolute atomic E-state index is 11.5. The lowest BCUT2D eigenvalue weighted by Gasteiger charge is -2.13. The summed E-state index contributed by atoms with van der Waals surface area (Å²) in [6, 6.07) is 14.6. The standard InChI is InChI=1S/C24H22N4O3/c1-4-30-22(29)10-7-19-13-16(2)23(17(3)14-19)31-21-11-12-26-24(28-21)27-20-8-5-18(15-25)6-9-20/h5-14H,4H2,1-3H3,(H,26,27,28). The maximum Gasteiger partial charge on any atom is 0.330 e. The van der Waals surface area contributed by atoms with Gasteiger partial charge < -0.3 is 14.8 Å².